The first kappa shape index (κ1) is 23.8. The number of phenolic OH excluding ortho intramolecular Hbond substituents is 2. The molecule has 2 aliphatic rings. The van der Waals surface area contributed by atoms with Gasteiger partial charge >= 0.3 is 0 Å². The predicted octanol–water partition coefficient (Wildman–Crippen LogP) is 6.12. The van der Waals surface area contributed by atoms with Gasteiger partial charge in [-0.25, -0.2) is 0 Å². The Labute approximate surface area is 209 Å². The van der Waals surface area contributed by atoms with Crippen molar-refractivity contribution in [1.82, 2.24) is 4.90 Å². The summed E-state index contributed by atoms with van der Waals surface area (Å²) in [5, 5.41) is 19.6. The number of likely N-dealkylation sites (tertiary alicyclic amines) is 1. The average molecular weight is 496 g/mol. The lowest BCUT2D eigenvalue weighted by molar-refractivity contribution is 0.165. The highest BCUT2D eigenvalue weighted by Crippen LogP contribution is 2.54. The SMILES string of the molecule is C[C@@H](COc1ccc(C2Oc3ccc(O)cc3SC2c2ccc(O)cc2)cc1)N1CC[C@@H](CF)C1. The summed E-state index contributed by atoms with van der Waals surface area (Å²) in [5.41, 5.74) is 2.04. The summed E-state index contributed by atoms with van der Waals surface area (Å²) in [4.78, 5) is 3.17. The molecule has 2 unspecified atom stereocenters. The largest absolute Gasteiger partial charge is 0.508 e. The third-order valence-electron chi connectivity index (χ3n) is 6.79. The van der Waals surface area contributed by atoms with Crippen molar-refractivity contribution in [1.29, 1.82) is 0 Å². The fourth-order valence-corrected chi connectivity index (χ4v) is 6.02. The highest BCUT2D eigenvalue weighted by Gasteiger charge is 2.34. The smallest absolute Gasteiger partial charge is 0.140 e. The topological polar surface area (TPSA) is 62.2 Å². The van der Waals surface area contributed by atoms with Gasteiger partial charge in [0.2, 0.25) is 0 Å². The van der Waals surface area contributed by atoms with Gasteiger partial charge in [0.05, 0.1) is 16.8 Å². The average Bonchev–Trinajstić information content (AvgIpc) is 3.37. The third kappa shape index (κ3) is 5.36. The van der Waals surface area contributed by atoms with E-state index in [2.05, 4.69) is 11.8 Å². The Morgan fingerprint density at radius 1 is 1.03 bits per heavy atom. The van der Waals surface area contributed by atoms with Crippen LogP contribution in [0.2, 0.25) is 0 Å². The molecule has 3 aromatic rings. The molecular weight excluding hydrogens is 465 g/mol. The molecule has 0 aliphatic carbocycles. The number of hydrogen-bond donors (Lipinski definition) is 2. The first-order valence-electron chi connectivity index (χ1n) is 12.0. The lowest BCUT2D eigenvalue weighted by Gasteiger charge is -2.34. The van der Waals surface area contributed by atoms with Crippen LogP contribution in [0.15, 0.2) is 71.6 Å². The summed E-state index contributed by atoms with van der Waals surface area (Å²) in [6, 6.07) is 20.5. The minimum Gasteiger partial charge on any atom is -0.508 e. The van der Waals surface area contributed by atoms with Gasteiger partial charge in [-0.05, 0) is 73.5 Å². The maximum Gasteiger partial charge on any atom is 0.140 e. The van der Waals surface area contributed by atoms with E-state index in [-0.39, 0.29) is 41.5 Å². The van der Waals surface area contributed by atoms with E-state index in [4.69, 9.17) is 9.47 Å². The van der Waals surface area contributed by atoms with E-state index in [1.165, 1.54) is 0 Å². The summed E-state index contributed by atoms with van der Waals surface area (Å²) < 4.78 is 25.4. The molecule has 3 aromatic carbocycles. The van der Waals surface area contributed by atoms with Crippen molar-refractivity contribution in [2.75, 3.05) is 26.4 Å². The zero-order chi connectivity index (χ0) is 24.4. The minimum absolute atomic E-state index is 0.0599. The van der Waals surface area contributed by atoms with Gasteiger partial charge in [0.15, 0.2) is 0 Å². The summed E-state index contributed by atoms with van der Waals surface area (Å²) in [6.07, 6.45) is 0.664. The van der Waals surface area contributed by atoms with Crippen molar-refractivity contribution in [3.8, 4) is 23.0 Å². The van der Waals surface area contributed by atoms with Crippen molar-refractivity contribution in [3.05, 3.63) is 77.9 Å². The van der Waals surface area contributed by atoms with Gasteiger partial charge in [-0.1, -0.05) is 24.3 Å². The van der Waals surface area contributed by atoms with Crippen LogP contribution in [0.4, 0.5) is 4.39 Å². The number of benzene rings is 3. The van der Waals surface area contributed by atoms with E-state index in [1.807, 2.05) is 36.4 Å². The Hall–Kier alpha value is -2.90. The molecular formula is C28H30FNO4S. The van der Waals surface area contributed by atoms with Crippen LogP contribution >= 0.6 is 11.8 Å². The van der Waals surface area contributed by atoms with Gasteiger partial charge in [-0.15, -0.1) is 11.8 Å². The standard InChI is InChI=1S/C28H30FNO4S/c1-18(30-13-12-19(15-29)16-30)17-33-24-9-4-20(5-10-24)27-28(21-2-6-22(31)7-3-21)35-26-14-23(32)8-11-25(26)34-27/h2-11,14,18-19,27-28,31-32H,12-13,15-17H2,1H3/t18-,19-,27?,28?/m0/s1. The second-order valence-corrected chi connectivity index (χ2v) is 10.5. The normalized spacial score (nSPS) is 22.9. The number of thioether (sulfide) groups is 1. The molecule has 5 rings (SSSR count). The summed E-state index contributed by atoms with van der Waals surface area (Å²) in [6.45, 7) is 4.16. The molecule has 0 aromatic heterocycles. The molecule has 0 spiro atoms. The van der Waals surface area contributed by atoms with Gasteiger partial charge < -0.3 is 19.7 Å². The van der Waals surface area contributed by atoms with Crippen LogP contribution in [0.1, 0.15) is 35.8 Å². The number of nitrogens with zero attached hydrogens (tertiary/aromatic N) is 1. The number of phenols is 2. The molecule has 2 N–H and O–H groups in total. The van der Waals surface area contributed by atoms with E-state index >= 15 is 0 Å². The van der Waals surface area contributed by atoms with Gasteiger partial charge in [-0.2, -0.15) is 0 Å². The zero-order valence-corrected chi connectivity index (χ0v) is 20.5. The fraction of sp³-hybridized carbons (Fsp3) is 0.357. The summed E-state index contributed by atoms with van der Waals surface area (Å²) in [7, 11) is 0. The first-order chi connectivity index (χ1) is 17.0. The second kappa shape index (κ2) is 10.4. The molecule has 1 saturated heterocycles. The Bertz CT molecular complexity index is 1140. The molecule has 0 bridgehead atoms. The van der Waals surface area contributed by atoms with Crippen LogP contribution in [0.25, 0.3) is 0 Å². The molecule has 7 heteroatoms. The Balaban J connectivity index is 1.31. The van der Waals surface area contributed by atoms with Crippen molar-refractivity contribution < 1.29 is 24.1 Å². The Morgan fingerprint density at radius 3 is 2.46 bits per heavy atom. The van der Waals surface area contributed by atoms with Gasteiger partial charge in [0.1, 0.15) is 35.7 Å². The highest BCUT2D eigenvalue weighted by atomic mass is 32.2. The quantitative estimate of drug-likeness (QED) is 0.412. The van der Waals surface area contributed by atoms with Crippen LogP contribution in [0.3, 0.4) is 0 Å². The van der Waals surface area contributed by atoms with Crippen LogP contribution in [0.5, 0.6) is 23.0 Å². The second-order valence-electron chi connectivity index (χ2n) is 9.33. The minimum atomic E-state index is -0.253. The maximum atomic E-state index is 12.9. The number of ether oxygens (including phenoxy) is 2. The number of hydrogen-bond acceptors (Lipinski definition) is 6. The van der Waals surface area contributed by atoms with Crippen molar-refractivity contribution >= 4 is 11.8 Å². The first-order valence-corrected chi connectivity index (χ1v) is 12.9. The molecule has 5 nitrogen and oxygen atoms in total. The van der Waals surface area contributed by atoms with Crippen LogP contribution in [-0.4, -0.2) is 47.5 Å². The van der Waals surface area contributed by atoms with Gasteiger partial charge in [0.25, 0.3) is 0 Å². The predicted molar refractivity (Wildman–Crippen MR) is 135 cm³/mol. The van der Waals surface area contributed by atoms with E-state index < -0.39 is 0 Å². The number of halogens is 1. The molecule has 0 radical (unpaired) electrons. The van der Waals surface area contributed by atoms with E-state index in [9.17, 15) is 14.6 Å². The molecule has 2 aliphatic heterocycles. The highest BCUT2D eigenvalue weighted by molar-refractivity contribution is 7.99. The third-order valence-corrected chi connectivity index (χ3v) is 8.14. The van der Waals surface area contributed by atoms with Crippen LogP contribution in [0, 0.1) is 5.92 Å². The molecule has 1 fully saturated rings. The molecule has 4 atom stereocenters. The Kier molecular flexibility index (Phi) is 7.07. The van der Waals surface area contributed by atoms with Gasteiger partial charge in [0, 0.05) is 18.5 Å². The van der Waals surface area contributed by atoms with Gasteiger partial charge in [-0.3, -0.25) is 9.29 Å². The molecule has 35 heavy (non-hydrogen) atoms. The molecule has 0 amide bonds. The fourth-order valence-electron chi connectivity index (χ4n) is 4.70. The number of rotatable bonds is 7. The van der Waals surface area contributed by atoms with E-state index in [0.717, 1.165) is 47.0 Å². The monoisotopic (exact) mass is 495 g/mol. The van der Waals surface area contributed by atoms with E-state index in [0.29, 0.717) is 6.61 Å². The number of alkyl halides is 1. The van der Waals surface area contributed by atoms with E-state index in [1.54, 1.807) is 42.1 Å². The van der Waals surface area contributed by atoms with Crippen molar-refractivity contribution in [2.24, 2.45) is 5.92 Å². The van der Waals surface area contributed by atoms with Crippen LogP contribution < -0.4 is 9.47 Å². The lowest BCUT2D eigenvalue weighted by atomic mass is 10.00. The van der Waals surface area contributed by atoms with Crippen molar-refractivity contribution in [3.63, 3.8) is 0 Å². The number of fused-ring (bicyclic) bond motifs is 1. The maximum absolute atomic E-state index is 12.9. The summed E-state index contributed by atoms with van der Waals surface area (Å²) >= 11 is 1.64. The number of aromatic hydroxyl groups is 2. The Morgan fingerprint density at radius 2 is 1.74 bits per heavy atom. The molecule has 2 heterocycles. The lowest BCUT2D eigenvalue weighted by Crippen LogP contribution is -2.35. The van der Waals surface area contributed by atoms with Crippen molar-refractivity contribution in [2.45, 2.75) is 35.6 Å². The van der Waals surface area contributed by atoms with Crippen LogP contribution in [-0.2, 0) is 0 Å². The summed E-state index contributed by atoms with van der Waals surface area (Å²) in [5.74, 6) is 2.10. The molecule has 184 valence electrons. The zero-order valence-electron chi connectivity index (χ0n) is 19.6. The molecule has 0 saturated carbocycles.